The van der Waals surface area contributed by atoms with E-state index in [1.54, 1.807) is 12.1 Å². The number of para-hydroxylation sites is 1. The molecule has 1 aliphatic heterocycles. The second kappa shape index (κ2) is 6.62. The van der Waals surface area contributed by atoms with Gasteiger partial charge in [-0.1, -0.05) is 42.5 Å². The Morgan fingerprint density at radius 3 is 2.64 bits per heavy atom. The van der Waals surface area contributed by atoms with Crippen molar-refractivity contribution in [3.8, 4) is 0 Å². The van der Waals surface area contributed by atoms with Crippen LogP contribution in [-0.4, -0.2) is 29.9 Å². The van der Waals surface area contributed by atoms with Crippen molar-refractivity contribution >= 4 is 11.6 Å². The van der Waals surface area contributed by atoms with E-state index < -0.39 is 0 Å². The van der Waals surface area contributed by atoms with Crippen molar-refractivity contribution in [1.82, 2.24) is 10.2 Å². The predicted molar refractivity (Wildman–Crippen MR) is 88.4 cm³/mol. The van der Waals surface area contributed by atoms with Crippen molar-refractivity contribution in [2.45, 2.75) is 19.0 Å². The lowest BCUT2D eigenvalue weighted by atomic mass is 10.1. The summed E-state index contributed by atoms with van der Waals surface area (Å²) in [4.78, 5) is 14.6. The van der Waals surface area contributed by atoms with Crippen LogP contribution in [0, 0.1) is 0 Å². The molecule has 1 aliphatic rings. The minimum atomic E-state index is -0.0790. The average Bonchev–Trinajstić information content (AvgIpc) is 2.95. The van der Waals surface area contributed by atoms with Gasteiger partial charge in [-0.05, 0) is 24.1 Å². The lowest BCUT2D eigenvalue weighted by Gasteiger charge is -2.17. The summed E-state index contributed by atoms with van der Waals surface area (Å²) in [6.45, 7) is 2.82. The second-order valence-electron chi connectivity index (χ2n) is 5.77. The molecule has 1 heterocycles. The number of hydrogen-bond donors (Lipinski definition) is 2. The van der Waals surface area contributed by atoms with Crippen LogP contribution in [0.1, 0.15) is 22.3 Å². The van der Waals surface area contributed by atoms with E-state index in [1.165, 1.54) is 5.56 Å². The second-order valence-corrected chi connectivity index (χ2v) is 5.77. The zero-order valence-electron chi connectivity index (χ0n) is 12.5. The first-order valence-electron chi connectivity index (χ1n) is 7.64. The van der Waals surface area contributed by atoms with Crippen LogP contribution in [-0.2, 0) is 6.54 Å². The third kappa shape index (κ3) is 3.46. The molecule has 1 unspecified atom stereocenters. The number of nitrogens with two attached hydrogens (primary N) is 1. The van der Waals surface area contributed by atoms with Crippen molar-refractivity contribution in [3.63, 3.8) is 0 Å². The number of nitrogen functional groups attached to an aromatic ring is 1. The SMILES string of the molecule is Nc1ccccc1C(=O)NC1CCN(Cc2ccccc2)C1. The highest BCUT2D eigenvalue weighted by Crippen LogP contribution is 2.15. The van der Waals surface area contributed by atoms with Gasteiger partial charge in [-0.25, -0.2) is 0 Å². The first kappa shape index (κ1) is 14.6. The zero-order chi connectivity index (χ0) is 15.4. The lowest BCUT2D eigenvalue weighted by Crippen LogP contribution is -2.37. The van der Waals surface area contributed by atoms with Crippen LogP contribution in [0.4, 0.5) is 5.69 Å². The van der Waals surface area contributed by atoms with Crippen molar-refractivity contribution in [2.75, 3.05) is 18.8 Å². The van der Waals surface area contributed by atoms with Gasteiger partial charge in [0.2, 0.25) is 0 Å². The molecule has 0 aromatic heterocycles. The zero-order valence-corrected chi connectivity index (χ0v) is 12.5. The molecule has 22 heavy (non-hydrogen) atoms. The molecule has 0 radical (unpaired) electrons. The van der Waals surface area contributed by atoms with E-state index in [4.69, 9.17) is 5.73 Å². The van der Waals surface area contributed by atoms with E-state index in [0.717, 1.165) is 26.1 Å². The van der Waals surface area contributed by atoms with E-state index in [1.807, 2.05) is 18.2 Å². The molecule has 4 heteroatoms. The Morgan fingerprint density at radius 2 is 1.86 bits per heavy atom. The Kier molecular flexibility index (Phi) is 4.39. The van der Waals surface area contributed by atoms with E-state index >= 15 is 0 Å². The topological polar surface area (TPSA) is 58.4 Å². The summed E-state index contributed by atoms with van der Waals surface area (Å²) in [5, 5.41) is 3.09. The number of amides is 1. The highest BCUT2D eigenvalue weighted by molar-refractivity contribution is 5.99. The Balaban J connectivity index is 1.55. The molecule has 114 valence electrons. The number of carbonyl (C=O) groups excluding carboxylic acids is 1. The number of hydrogen-bond acceptors (Lipinski definition) is 3. The van der Waals surface area contributed by atoms with Crippen LogP contribution in [0.5, 0.6) is 0 Å². The smallest absolute Gasteiger partial charge is 0.253 e. The number of benzene rings is 2. The summed E-state index contributed by atoms with van der Waals surface area (Å²) in [6, 6.07) is 17.8. The van der Waals surface area contributed by atoms with E-state index in [9.17, 15) is 4.79 Å². The number of anilines is 1. The number of nitrogens with one attached hydrogen (secondary N) is 1. The lowest BCUT2D eigenvalue weighted by molar-refractivity contribution is 0.0938. The van der Waals surface area contributed by atoms with Crippen molar-refractivity contribution in [1.29, 1.82) is 0 Å². The molecule has 3 rings (SSSR count). The fourth-order valence-electron chi connectivity index (χ4n) is 2.90. The third-order valence-electron chi connectivity index (χ3n) is 4.06. The molecule has 4 nitrogen and oxygen atoms in total. The number of likely N-dealkylation sites (tertiary alicyclic amines) is 1. The summed E-state index contributed by atoms with van der Waals surface area (Å²) in [5.74, 6) is -0.0790. The molecule has 0 saturated carbocycles. The fourth-order valence-corrected chi connectivity index (χ4v) is 2.90. The van der Waals surface area contributed by atoms with Crippen molar-refractivity contribution in [2.24, 2.45) is 0 Å². The molecule has 3 N–H and O–H groups in total. The standard InChI is InChI=1S/C18H21N3O/c19-17-9-5-4-8-16(17)18(22)20-15-10-11-21(13-15)12-14-6-2-1-3-7-14/h1-9,15H,10-13,19H2,(H,20,22). The summed E-state index contributed by atoms with van der Waals surface area (Å²) < 4.78 is 0. The van der Waals surface area contributed by atoms with Crippen LogP contribution in [0.3, 0.4) is 0 Å². The Labute approximate surface area is 130 Å². The molecule has 1 amide bonds. The molecule has 0 bridgehead atoms. The Hall–Kier alpha value is -2.33. The normalized spacial score (nSPS) is 18.3. The maximum absolute atomic E-state index is 12.3. The number of carbonyl (C=O) groups is 1. The minimum absolute atomic E-state index is 0.0790. The fraction of sp³-hybridized carbons (Fsp3) is 0.278. The van der Waals surface area contributed by atoms with E-state index in [2.05, 4.69) is 34.5 Å². The van der Waals surface area contributed by atoms with Gasteiger partial charge >= 0.3 is 0 Å². The van der Waals surface area contributed by atoms with Gasteiger partial charge in [-0.3, -0.25) is 9.69 Å². The molecular formula is C18H21N3O. The van der Waals surface area contributed by atoms with Crippen molar-refractivity contribution < 1.29 is 4.79 Å². The Morgan fingerprint density at radius 1 is 1.14 bits per heavy atom. The predicted octanol–water partition coefficient (Wildman–Crippen LogP) is 2.27. The monoisotopic (exact) mass is 295 g/mol. The molecule has 1 atom stereocenters. The van der Waals surface area contributed by atoms with Crippen LogP contribution < -0.4 is 11.1 Å². The van der Waals surface area contributed by atoms with E-state index in [-0.39, 0.29) is 11.9 Å². The largest absolute Gasteiger partial charge is 0.398 e. The van der Waals surface area contributed by atoms with Gasteiger partial charge < -0.3 is 11.1 Å². The molecular weight excluding hydrogens is 274 g/mol. The average molecular weight is 295 g/mol. The molecule has 1 fully saturated rings. The molecule has 2 aromatic carbocycles. The van der Waals surface area contributed by atoms with Gasteiger partial charge in [0.05, 0.1) is 5.56 Å². The van der Waals surface area contributed by atoms with E-state index in [0.29, 0.717) is 11.3 Å². The quantitative estimate of drug-likeness (QED) is 0.851. The highest BCUT2D eigenvalue weighted by Gasteiger charge is 2.24. The van der Waals surface area contributed by atoms with Gasteiger partial charge in [0, 0.05) is 31.4 Å². The molecule has 1 saturated heterocycles. The minimum Gasteiger partial charge on any atom is -0.398 e. The molecule has 2 aromatic rings. The maximum atomic E-state index is 12.3. The summed E-state index contributed by atoms with van der Waals surface area (Å²) >= 11 is 0. The molecule has 0 spiro atoms. The number of rotatable bonds is 4. The first-order valence-corrected chi connectivity index (χ1v) is 7.64. The van der Waals surface area contributed by atoms with Crippen LogP contribution in [0.25, 0.3) is 0 Å². The first-order chi connectivity index (χ1) is 10.7. The van der Waals surface area contributed by atoms with Gasteiger partial charge in [-0.15, -0.1) is 0 Å². The number of nitrogens with zero attached hydrogens (tertiary/aromatic N) is 1. The van der Waals surface area contributed by atoms with Crippen LogP contribution in [0.2, 0.25) is 0 Å². The Bertz CT molecular complexity index is 642. The van der Waals surface area contributed by atoms with Gasteiger partial charge in [0.15, 0.2) is 0 Å². The summed E-state index contributed by atoms with van der Waals surface area (Å²) in [6.07, 6.45) is 0.977. The van der Waals surface area contributed by atoms with Crippen LogP contribution >= 0.6 is 0 Å². The highest BCUT2D eigenvalue weighted by atomic mass is 16.1. The summed E-state index contributed by atoms with van der Waals surface area (Å²) in [5.41, 5.74) is 8.25. The third-order valence-corrected chi connectivity index (χ3v) is 4.06. The van der Waals surface area contributed by atoms with Crippen molar-refractivity contribution in [3.05, 3.63) is 65.7 Å². The van der Waals surface area contributed by atoms with Crippen LogP contribution in [0.15, 0.2) is 54.6 Å². The summed E-state index contributed by atoms with van der Waals surface area (Å²) in [7, 11) is 0. The van der Waals surface area contributed by atoms with Gasteiger partial charge in [0.1, 0.15) is 0 Å². The molecule has 0 aliphatic carbocycles. The van der Waals surface area contributed by atoms with Gasteiger partial charge in [0.25, 0.3) is 5.91 Å². The van der Waals surface area contributed by atoms with Gasteiger partial charge in [-0.2, -0.15) is 0 Å². The maximum Gasteiger partial charge on any atom is 0.253 e.